The number of halogens is 1. The first-order valence-electron chi connectivity index (χ1n) is 6.91. The molecule has 2 rings (SSSR count). The molecule has 0 unspecified atom stereocenters. The van der Waals surface area contributed by atoms with E-state index < -0.39 is 0 Å². The smallest absolute Gasteiger partial charge is 0.138 e. The van der Waals surface area contributed by atoms with Gasteiger partial charge in [-0.05, 0) is 37.1 Å². The minimum absolute atomic E-state index is 0.646. The third-order valence-electron chi connectivity index (χ3n) is 3.01. The fraction of sp³-hybridized carbons (Fsp3) is 0.294. The van der Waals surface area contributed by atoms with Crippen molar-refractivity contribution in [3.63, 3.8) is 0 Å². The Morgan fingerprint density at radius 1 is 1.10 bits per heavy atom. The first kappa shape index (κ1) is 14.7. The Labute approximate surface area is 125 Å². The lowest BCUT2D eigenvalue weighted by atomic mass is 10.1. The molecule has 0 radical (unpaired) electrons. The zero-order valence-corrected chi connectivity index (χ0v) is 12.7. The molecule has 20 heavy (non-hydrogen) atoms. The van der Waals surface area contributed by atoms with E-state index in [1.54, 1.807) is 0 Å². The SMILES string of the molecule is CCCOc1ccc(NCc2ccc(C)cc2)cc1Cl. The summed E-state index contributed by atoms with van der Waals surface area (Å²) >= 11 is 6.20. The van der Waals surface area contributed by atoms with Crippen LogP contribution < -0.4 is 10.1 Å². The Morgan fingerprint density at radius 2 is 1.85 bits per heavy atom. The van der Waals surface area contributed by atoms with Crippen molar-refractivity contribution in [3.05, 3.63) is 58.6 Å². The zero-order valence-electron chi connectivity index (χ0n) is 11.9. The van der Waals surface area contributed by atoms with Gasteiger partial charge >= 0.3 is 0 Å². The van der Waals surface area contributed by atoms with E-state index in [1.807, 2.05) is 18.2 Å². The fourth-order valence-corrected chi connectivity index (χ4v) is 2.09. The molecular formula is C17H20ClNO. The molecule has 2 aromatic rings. The van der Waals surface area contributed by atoms with Gasteiger partial charge in [0.1, 0.15) is 5.75 Å². The molecule has 0 fully saturated rings. The summed E-state index contributed by atoms with van der Waals surface area (Å²) in [5.41, 5.74) is 3.52. The lowest BCUT2D eigenvalue weighted by molar-refractivity contribution is 0.317. The van der Waals surface area contributed by atoms with Crippen LogP contribution in [0.25, 0.3) is 0 Å². The van der Waals surface area contributed by atoms with Gasteiger partial charge in [-0.15, -0.1) is 0 Å². The van der Waals surface area contributed by atoms with Gasteiger partial charge in [0.15, 0.2) is 0 Å². The second-order valence-electron chi connectivity index (χ2n) is 4.83. The summed E-state index contributed by atoms with van der Waals surface area (Å²) in [4.78, 5) is 0. The van der Waals surface area contributed by atoms with Crippen molar-refractivity contribution < 1.29 is 4.74 Å². The van der Waals surface area contributed by atoms with E-state index in [9.17, 15) is 0 Å². The monoisotopic (exact) mass is 289 g/mol. The summed E-state index contributed by atoms with van der Waals surface area (Å²) in [6.45, 7) is 5.64. The van der Waals surface area contributed by atoms with Crippen LogP contribution in [0.3, 0.4) is 0 Å². The Kier molecular flexibility index (Phi) is 5.31. The molecule has 106 valence electrons. The first-order valence-corrected chi connectivity index (χ1v) is 7.28. The van der Waals surface area contributed by atoms with Crippen LogP contribution in [0.5, 0.6) is 5.75 Å². The van der Waals surface area contributed by atoms with E-state index in [0.29, 0.717) is 11.6 Å². The molecule has 0 heterocycles. The van der Waals surface area contributed by atoms with Crippen LogP contribution in [0, 0.1) is 6.92 Å². The number of hydrogen-bond donors (Lipinski definition) is 1. The molecule has 1 N–H and O–H groups in total. The molecule has 0 spiro atoms. The van der Waals surface area contributed by atoms with E-state index >= 15 is 0 Å². The van der Waals surface area contributed by atoms with Gasteiger partial charge in [-0.2, -0.15) is 0 Å². The van der Waals surface area contributed by atoms with Gasteiger partial charge in [-0.25, -0.2) is 0 Å². The maximum Gasteiger partial charge on any atom is 0.138 e. The zero-order chi connectivity index (χ0) is 14.4. The number of ether oxygens (including phenoxy) is 1. The molecule has 0 atom stereocenters. The van der Waals surface area contributed by atoms with Crippen molar-refractivity contribution in [1.29, 1.82) is 0 Å². The molecule has 0 saturated heterocycles. The van der Waals surface area contributed by atoms with E-state index in [0.717, 1.165) is 24.4 Å². The predicted molar refractivity (Wildman–Crippen MR) is 85.7 cm³/mol. The lowest BCUT2D eigenvalue weighted by Gasteiger charge is -2.10. The van der Waals surface area contributed by atoms with Gasteiger partial charge in [-0.3, -0.25) is 0 Å². The standard InChI is InChI=1S/C17H20ClNO/c1-3-10-20-17-9-8-15(11-16(17)18)19-12-14-6-4-13(2)5-7-14/h4-9,11,19H,3,10,12H2,1-2H3. The highest BCUT2D eigenvalue weighted by Gasteiger charge is 2.03. The quantitative estimate of drug-likeness (QED) is 0.803. The first-order chi connectivity index (χ1) is 9.69. The topological polar surface area (TPSA) is 21.3 Å². The molecule has 0 saturated carbocycles. The summed E-state index contributed by atoms with van der Waals surface area (Å²) in [6, 6.07) is 14.3. The molecule has 2 nitrogen and oxygen atoms in total. The minimum atomic E-state index is 0.646. The number of hydrogen-bond acceptors (Lipinski definition) is 2. The average Bonchev–Trinajstić information content (AvgIpc) is 2.46. The number of rotatable bonds is 6. The largest absolute Gasteiger partial charge is 0.492 e. The van der Waals surface area contributed by atoms with Crippen molar-refractivity contribution in [3.8, 4) is 5.75 Å². The van der Waals surface area contributed by atoms with Gasteiger partial charge in [0.25, 0.3) is 0 Å². The minimum Gasteiger partial charge on any atom is -0.492 e. The highest BCUT2D eigenvalue weighted by molar-refractivity contribution is 6.32. The van der Waals surface area contributed by atoms with Crippen LogP contribution in [0.2, 0.25) is 5.02 Å². The molecule has 0 aliphatic carbocycles. The molecule has 3 heteroatoms. The number of benzene rings is 2. The van der Waals surface area contributed by atoms with E-state index in [1.165, 1.54) is 11.1 Å². The van der Waals surface area contributed by atoms with Crippen LogP contribution in [0.1, 0.15) is 24.5 Å². The summed E-state index contributed by atoms with van der Waals surface area (Å²) < 4.78 is 5.56. The second kappa shape index (κ2) is 7.20. The lowest BCUT2D eigenvalue weighted by Crippen LogP contribution is -2.00. The van der Waals surface area contributed by atoms with Gasteiger partial charge in [0, 0.05) is 12.2 Å². The van der Waals surface area contributed by atoms with Crippen molar-refractivity contribution in [2.75, 3.05) is 11.9 Å². The highest BCUT2D eigenvalue weighted by Crippen LogP contribution is 2.28. The molecular weight excluding hydrogens is 270 g/mol. The Balaban J connectivity index is 1.96. The van der Waals surface area contributed by atoms with E-state index in [4.69, 9.17) is 16.3 Å². The molecule has 0 aliphatic rings. The maximum absolute atomic E-state index is 6.20. The van der Waals surface area contributed by atoms with Gasteiger partial charge < -0.3 is 10.1 Å². The number of anilines is 1. The Hall–Kier alpha value is -1.67. The molecule has 0 aromatic heterocycles. The summed E-state index contributed by atoms with van der Waals surface area (Å²) in [5, 5.41) is 4.01. The molecule has 2 aromatic carbocycles. The second-order valence-corrected chi connectivity index (χ2v) is 5.24. The fourth-order valence-electron chi connectivity index (χ4n) is 1.85. The third-order valence-corrected chi connectivity index (χ3v) is 3.31. The number of nitrogens with one attached hydrogen (secondary N) is 1. The molecule has 0 aliphatic heterocycles. The summed E-state index contributed by atoms with van der Waals surface area (Å²) in [7, 11) is 0. The Morgan fingerprint density at radius 3 is 2.50 bits per heavy atom. The molecule has 0 amide bonds. The molecule has 0 bridgehead atoms. The van der Waals surface area contributed by atoms with E-state index in [2.05, 4.69) is 43.4 Å². The van der Waals surface area contributed by atoms with Gasteiger partial charge in [0.2, 0.25) is 0 Å². The van der Waals surface area contributed by atoms with Crippen molar-refractivity contribution in [2.45, 2.75) is 26.8 Å². The van der Waals surface area contributed by atoms with Crippen LogP contribution in [-0.2, 0) is 6.54 Å². The third kappa shape index (κ3) is 4.17. The van der Waals surface area contributed by atoms with E-state index in [-0.39, 0.29) is 0 Å². The van der Waals surface area contributed by atoms with Crippen LogP contribution in [-0.4, -0.2) is 6.61 Å². The average molecular weight is 290 g/mol. The normalized spacial score (nSPS) is 10.3. The maximum atomic E-state index is 6.20. The summed E-state index contributed by atoms with van der Waals surface area (Å²) in [5.74, 6) is 0.745. The van der Waals surface area contributed by atoms with Crippen molar-refractivity contribution >= 4 is 17.3 Å². The number of aryl methyl sites for hydroxylation is 1. The van der Waals surface area contributed by atoms with Gasteiger partial charge in [0.05, 0.1) is 11.6 Å². The Bertz CT molecular complexity index is 551. The van der Waals surface area contributed by atoms with Crippen molar-refractivity contribution in [1.82, 2.24) is 0 Å². The van der Waals surface area contributed by atoms with Crippen LogP contribution >= 0.6 is 11.6 Å². The summed E-state index contributed by atoms with van der Waals surface area (Å²) in [6.07, 6.45) is 0.976. The predicted octanol–water partition coefficient (Wildman–Crippen LogP) is 5.05. The van der Waals surface area contributed by atoms with Gasteiger partial charge in [-0.1, -0.05) is 48.4 Å². The van der Waals surface area contributed by atoms with Crippen molar-refractivity contribution in [2.24, 2.45) is 0 Å². The van der Waals surface area contributed by atoms with Crippen LogP contribution in [0.15, 0.2) is 42.5 Å². The van der Waals surface area contributed by atoms with Crippen LogP contribution in [0.4, 0.5) is 5.69 Å². The highest BCUT2D eigenvalue weighted by atomic mass is 35.5.